The van der Waals surface area contributed by atoms with Crippen LogP contribution in [0.3, 0.4) is 0 Å². The van der Waals surface area contributed by atoms with E-state index in [4.69, 9.17) is 0 Å². The van der Waals surface area contributed by atoms with Crippen LogP contribution in [0.25, 0.3) is 22.8 Å². The molecule has 0 amide bonds. The molecule has 0 bridgehead atoms. The van der Waals surface area contributed by atoms with Crippen molar-refractivity contribution < 1.29 is 0 Å². The van der Waals surface area contributed by atoms with Gasteiger partial charge in [-0.1, -0.05) is 18.2 Å². The highest BCUT2D eigenvalue weighted by atomic mass is 15.6. The Bertz CT molecular complexity index is 780. The normalized spacial score (nSPS) is 12.6. The first-order valence-corrected chi connectivity index (χ1v) is 7.86. The Hall–Kier alpha value is -2.64. The molecule has 0 spiro atoms. The van der Waals surface area contributed by atoms with Crippen LogP contribution in [-0.2, 0) is 11.1 Å². The van der Waals surface area contributed by atoms with Gasteiger partial charge in [-0.05, 0) is 58.0 Å². The van der Waals surface area contributed by atoms with Gasteiger partial charge >= 0.3 is 0 Å². The lowest BCUT2D eigenvalue weighted by Gasteiger charge is -2.15. The summed E-state index contributed by atoms with van der Waals surface area (Å²) in [4.78, 5) is 3.23. The van der Waals surface area contributed by atoms with Gasteiger partial charge in [-0.2, -0.15) is 9.59 Å². The molecule has 0 aliphatic heterocycles. The van der Waals surface area contributed by atoms with E-state index < -0.39 is 0 Å². The van der Waals surface area contributed by atoms with E-state index in [1.54, 1.807) is 9.59 Å². The standard InChI is InChI=1S/C16H22N8/c1-15(2,3)23-19-13(17-21-23)11-8-7-9-12(10-11)14-18-22-24(20-14)16(4,5)6/h7-10H,1-6H3. The summed E-state index contributed by atoms with van der Waals surface area (Å²) in [7, 11) is 0. The molecule has 1 aromatic carbocycles. The molecule has 0 aliphatic rings. The van der Waals surface area contributed by atoms with Gasteiger partial charge in [-0.15, -0.1) is 20.4 Å². The van der Waals surface area contributed by atoms with Crippen LogP contribution in [-0.4, -0.2) is 40.4 Å². The fraction of sp³-hybridized carbons (Fsp3) is 0.500. The number of nitrogens with zero attached hydrogens (tertiary/aromatic N) is 8. The summed E-state index contributed by atoms with van der Waals surface area (Å²) in [5, 5.41) is 25.5. The van der Waals surface area contributed by atoms with Crippen LogP contribution in [0.1, 0.15) is 41.5 Å². The van der Waals surface area contributed by atoms with Gasteiger partial charge in [0.15, 0.2) is 0 Å². The highest BCUT2D eigenvalue weighted by Gasteiger charge is 2.19. The molecule has 2 aromatic heterocycles. The third kappa shape index (κ3) is 3.17. The Morgan fingerprint density at radius 3 is 1.46 bits per heavy atom. The first-order valence-electron chi connectivity index (χ1n) is 7.86. The molecule has 0 fully saturated rings. The second kappa shape index (κ2) is 5.47. The number of tetrazole rings is 2. The van der Waals surface area contributed by atoms with Crippen molar-refractivity contribution in [3.63, 3.8) is 0 Å². The van der Waals surface area contributed by atoms with Crippen LogP contribution in [0, 0.1) is 0 Å². The predicted molar refractivity (Wildman–Crippen MR) is 90.1 cm³/mol. The zero-order valence-electron chi connectivity index (χ0n) is 14.9. The molecule has 0 saturated heterocycles. The van der Waals surface area contributed by atoms with Crippen molar-refractivity contribution in [1.82, 2.24) is 40.4 Å². The van der Waals surface area contributed by atoms with E-state index in [2.05, 4.69) is 30.8 Å². The molecule has 8 heteroatoms. The van der Waals surface area contributed by atoms with Gasteiger partial charge in [0.05, 0.1) is 11.1 Å². The molecular formula is C16H22N8. The van der Waals surface area contributed by atoms with Crippen molar-refractivity contribution in [1.29, 1.82) is 0 Å². The number of benzene rings is 1. The fourth-order valence-electron chi connectivity index (χ4n) is 2.03. The largest absolute Gasteiger partial charge is 0.204 e. The molecular weight excluding hydrogens is 304 g/mol. The third-order valence-corrected chi connectivity index (χ3v) is 3.41. The molecule has 0 radical (unpaired) electrons. The Balaban J connectivity index is 1.95. The Morgan fingerprint density at radius 2 is 1.12 bits per heavy atom. The average molecular weight is 326 g/mol. The van der Waals surface area contributed by atoms with Crippen LogP contribution >= 0.6 is 0 Å². The lowest BCUT2D eigenvalue weighted by molar-refractivity contribution is 0.306. The second-order valence-electron chi connectivity index (χ2n) is 7.73. The minimum Gasteiger partial charge on any atom is -0.158 e. The van der Waals surface area contributed by atoms with E-state index in [1.807, 2.05) is 65.8 Å². The van der Waals surface area contributed by atoms with E-state index in [0.717, 1.165) is 11.1 Å². The van der Waals surface area contributed by atoms with Crippen LogP contribution in [0.15, 0.2) is 24.3 Å². The summed E-state index contributed by atoms with van der Waals surface area (Å²) in [5.74, 6) is 1.16. The molecule has 24 heavy (non-hydrogen) atoms. The van der Waals surface area contributed by atoms with Crippen LogP contribution in [0.2, 0.25) is 0 Å². The summed E-state index contributed by atoms with van der Waals surface area (Å²) in [5.41, 5.74) is 1.32. The first kappa shape index (κ1) is 16.2. The van der Waals surface area contributed by atoms with Gasteiger partial charge in [0, 0.05) is 11.1 Å². The lowest BCUT2D eigenvalue weighted by Crippen LogP contribution is -2.24. The van der Waals surface area contributed by atoms with Crippen LogP contribution in [0.5, 0.6) is 0 Å². The van der Waals surface area contributed by atoms with Crippen molar-refractivity contribution in [2.24, 2.45) is 0 Å². The van der Waals surface area contributed by atoms with E-state index in [1.165, 1.54) is 0 Å². The lowest BCUT2D eigenvalue weighted by atomic mass is 10.1. The number of hydrogen-bond donors (Lipinski definition) is 0. The SMILES string of the molecule is CC(C)(C)n1nnc(-c2cccc(-c3nnn(C(C)(C)C)n3)c2)n1. The van der Waals surface area contributed by atoms with Crippen molar-refractivity contribution >= 4 is 0 Å². The van der Waals surface area contributed by atoms with Crippen LogP contribution in [0.4, 0.5) is 0 Å². The molecule has 3 rings (SSSR count). The average Bonchev–Trinajstić information content (AvgIpc) is 3.16. The van der Waals surface area contributed by atoms with E-state index >= 15 is 0 Å². The summed E-state index contributed by atoms with van der Waals surface area (Å²) < 4.78 is 0. The smallest absolute Gasteiger partial charge is 0.158 e. The monoisotopic (exact) mass is 326 g/mol. The molecule has 0 saturated carbocycles. The van der Waals surface area contributed by atoms with Crippen molar-refractivity contribution in [3.05, 3.63) is 24.3 Å². The minimum atomic E-state index is -0.209. The number of rotatable bonds is 2. The molecule has 8 nitrogen and oxygen atoms in total. The summed E-state index contributed by atoms with van der Waals surface area (Å²) in [6, 6.07) is 7.78. The molecule has 0 atom stereocenters. The molecule has 0 aliphatic carbocycles. The molecule has 0 N–H and O–H groups in total. The number of aromatic nitrogens is 8. The van der Waals surface area contributed by atoms with Gasteiger partial charge in [-0.25, -0.2) is 0 Å². The van der Waals surface area contributed by atoms with Gasteiger partial charge in [0.1, 0.15) is 0 Å². The molecule has 0 unspecified atom stereocenters. The second-order valence-corrected chi connectivity index (χ2v) is 7.73. The Kier molecular flexibility index (Phi) is 3.70. The highest BCUT2D eigenvalue weighted by Crippen LogP contribution is 2.23. The predicted octanol–water partition coefficient (Wildman–Crippen LogP) is 2.50. The highest BCUT2D eigenvalue weighted by molar-refractivity contribution is 5.65. The molecule has 126 valence electrons. The van der Waals surface area contributed by atoms with Crippen LogP contribution < -0.4 is 0 Å². The van der Waals surface area contributed by atoms with Gasteiger partial charge in [0.25, 0.3) is 0 Å². The fourth-order valence-corrected chi connectivity index (χ4v) is 2.03. The maximum Gasteiger partial charge on any atom is 0.204 e. The Labute approximate surface area is 140 Å². The van der Waals surface area contributed by atoms with Crippen molar-refractivity contribution in [2.75, 3.05) is 0 Å². The minimum absolute atomic E-state index is 0.209. The summed E-state index contributed by atoms with van der Waals surface area (Å²) in [6.07, 6.45) is 0. The summed E-state index contributed by atoms with van der Waals surface area (Å²) in [6.45, 7) is 12.2. The first-order chi connectivity index (χ1) is 11.1. The summed E-state index contributed by atoms with van der Waals surface area (Å²) >= 11 is 0. The maximum atomic E-state index is 4.46. The Morgan fingerprint density at radius 1 is 0.708 bits per heavy atom. The van der Waals surface area contributed by atoms with Crippen molar-refractivity contribution in [2.45, 2.75) is 52.6 Å². The quantitative estimate of drug-likeness (QED) is 0.719. The van der Waals surface area contributed by atoms with Gasteiger partial charge < -0.3 is 0 Å². The van der Waals surface area contributed by atoms with E-state index in [0.29, 0.717) is 11.6 Å². The van der Waals surface area contributed by atoms with Gasteiger partial charge in [-0.3, -0.25) is 0 Å². The van der Waals surface area contributed by atoms with Gasteiger partial charge in [0.2, 0.25) is 11.6 Å². The zero-order chi connectivity index (χ0) is 17.5. The zero-order valence-corrected chi connectivity index (χ0v) is 14.9. The topological polar surface area (TPSA) is 87.2 Å². The molecule has 2 heterocycles. The van der Waals surface area contributed by atoms with E-state index in [-0.39, 0.29) is 11.1 Å². The maximum absolute atomic E-state index is 4.46. The molecule has 3 aromatic rings. The number of hydrogen-bond acceptors (Lipinski definition) is 6. The van der Waals surface area contributed by atoms with E-state index in [9.17, 15) is 0 Å². The third-order valence-electron chi connectivity index (χ3n) is 3.41. The van der Waals surface area contributed by atoms with Crippen molar-refractivity contribution in [3.8, 4) is 22.8 Å².